The Hall–Kier alpha value is -1.68. The van der Waals surface area contributed by atoms with Gasteiger partial charge in [0.1, 0.15) is 5.75 Å². The lowest BCUT2D eigenvalue weighted by molar-refractivity contribution is -0.119. The van der Waals surface area contributed by atoms with Crippen molar-refractivity contribution in [1.29, 1.82) is 0 Å². The number of primary amides is 1. The van der Waals surface area contributed by atoms with Crippen molar-refractivity contribution in [3.05, 3.63) is 24.3 Å². The van der Waals surface area contributed by atoms with Gasteiger partial charge < -0.3 is 20.7 Å². The number of hydrogen-bond acceptors (Lipinski definition) is 6. The van der Waals surface area contributed by atoms with Crippen molar-refractivity contribution in [1.82, 2.24) is 4.31 Å². The Morgan fingerprint density at radius 1 is 1.25 bits per heavy atom. The SMILES string of the molecule is NC(=O)COc1ccc(S(=O)(=O)N2CCCC(O)(CO)CC2)cc1. The lowest BCUT2D eigenvalue weighted by Crippen LogP contribution is -2.36. The molecule has 1 aromatic rings. The molecule has 0 spiro atoms. The highest BCUT2D eigenvalue weighted by Crippen LogP contribution is 2.26. The molecule has 134 valence electrons. The van der Waals surface area contributed by atoms with Crippen molar-refractivity contribution in [3.8, 4) is 5.75 Å². The van der Waals surface area contributed by atoms with Crippen molar-refractivity contribution in [2.75, 3.05) is 26.3 Å². The third-order valence-corrected chi connectivity index (χ3v) is 5.93. The molecule has 0 saturated carbocycles. The molecule has 1 atom stereocenters. The maximum Gasteiger partial charge on any atom is 0.255 e. The molecule has 1 aliphatic heterocycles. The van der Waals surface area contributed by atoms with Gasteiger partial charge in [-0.05, 0) is 43.5 Å². The molecule has 1 unspecified atom stereocenters. The number of carbonyl (C=O) groups is 1. The smallest absolute Gasteiger partial charge is 0.255 e. The van der Waals surface area contributed by atoms with E-state index >= 15 is 0 Å². The molecule has 1 amide bonds. The molecule has 4 N–H and O–H groups in total. The molecule has 0 aliphatic carbocycles. The zero-order valence-corrected chi connectivity index (χ0v) is 14.0. The monoisotopic (exact) mass is 358 g/mol. The number of nitrogens with two attached hydrogens (primary N) is 1. The largest absolute Gasteiger partial charge is 0.484 e. The average Bonchev–Trinajstić information content (AvgIpc) is 2.76. The van der Waals surface area contributed by atoms with Crippen LogP contribution in [0.5, 0.6) is 5.75 Å². The maximum absolute atomic E-state index is 12.7. The van der Waals surface area contributed by atoms with E-state index in [1.165, 1.54) is 28.6 Å². The predicted octanol–water partition coefficient (Wildman–Crippen LogP) is -0.551. The Kier molecular flexibility index (Phi) is 5.81. The van der Waals surface area contributed by atoms with Crippen molar-refractivity contribution < 1.29 is 28.2 Å². The molecule has 1 heterocycles. The fourth-order valence-electron chi connectivity index (χ4n) is 2.56. The number of hydrogen-bond donors (Lipinski definition) is 3. The summed E-state index contributed by atoms with van der Waals surface area (Å²) in [5.74, 6) is -0.272. The first-order chi connectivity index (χ1) is 11.3. The van der Waals surface area contributed by atoms with Gasteiger partial charge in [0.2, 0.25) is 10.0 Å². The average molecular weight is 358 g/mol. The van der Waals surface area contributed by atoms with Crippen LogP contribution in [0.15, 0.2) is 29.2 Å². The van der Waals surface area contributed by atoms with E-state index in [0.29, 0.717) is 18.6 Å². The molecular formula is C15H22N2O6S. The first-order valence-electron chi connectivity index (χ1n) is 7.61. The molecule has 0 radical (unpaired) electrons. The van der Waals surface area contributed by atoms with Crippen LogP contribution in [0.1, 0.15) is 19.3 Å². The first-order valence-corrected chi connectivity index (χ1v) is 9.05. The molecule has 1 aromatic carbocycles. The minimum absolute atomic E-state index is 0.100. The van der Waals surface area contributed by atoms with Crippen LogP contribution in [0.2, 0.25) is 0 Å². The van der Waals surface area contributed by atoms with E-state index in [-0.39, 0.29) is 37.6 Å². The lowest BCUT2D eigenvalue weighted by Gasteiger charge is -2.24. The Bertz CT molecular complexity index is 676. The van der Waals surface area contributed by atoms with E-state index in [4.69, 9.17) is 10.5 Å². The summed E-state index contributed by atoms with van der Waals surface area (Å²) in [6.07, 6.45) is 1.01. The molecule has 8 nitrogen and oxygen atoms in total. The molecule has 1 fully saturated rings. The third kappa shape index (κ3) is 4.44. The fourth-order valence-corrected chi connectivity index (χ4v) is 4.04. The Morgan fingerprint density at radius 3 is 2.50 bits per heavy atom. The molecule has 2 rings (SSSR count). The van der Waals surface area contributed by atoms with Gasteiger partial charge >= 0.3 is 0 Å². The molecule has 0 bridgehead atoms. The summed E-state index contributed by atoms with van der Waals surface area (Å²) >= 11 is 0. The number of aliphatic hydroxyl groups excluding tert-OH is 1. The summed E-state index contributed by atoms with van der Waals surface area (Å²) in [6, 6.07) is 5.71. The highest BCUT2D eigenvalue weighted by molar-refractivity contribution is 7.89. The summed E-state index contributed by atoms with van der Waals surface area (Å²) in [4.78, 5) is 10.8. The van der Waals surface area contributed by atoms with Gasteiger partial charge in [-0.1, -0.05) is 0 Å². The van der Waals surface area contributed by atoms with Crippen LogP contribution in [0.25, 0.3) is 0 Å². The highest BCUT2D eigenvalue weighted by atomic mass is 32.2. The number of amides is 1. The van der Waals surface area contributed by atoms with Crippen LogP contribution >= 0.6 is 0 Å². The van der Waals surface area contributed by atoms with Gasteiger partial charge in [0.05, 0.1) is 17.1 Å². The molecular weight excluding hydrogens is 336 g/mol. The number of carbonyl (C=O) groups excluding carboxylic acids is 1. The van der Waals surface area contributed by atoms with Gasteiger partial charge in [0, 0.05) is 13.1 Å². The minimum atomic E-state index is -3.70. The number of ether oxygens (including phenoxy) is 1. The van der Waals surface area contributed by atoms with Gasteiger partial charge in [-0.25, -0.2) is 8.42 Å². The number of sulfonamides is 1. The number of benzene rings is 1. The molecule has 24 heavy (non-hydrogen) atoms. The molecule has 9 heteroatoms. The second-order valence-electron chi connectivity index (χ2n) is 5.87. The van der Waals surface area contributed by atoms with Crippen LogP contribution in [-0.4, -0.2) is 60.7 Å². The van der Waals surface area contributed by atoms with Crippen LogP contribution < -0.4 is 10.5 Å². The maximum atomic E-state index is 12.7. The van der Waals surface area contributed by atoms with Gasteiger partial charge in [-0.15, -0.1) is 0 Å². The quantitative estimate of drug-likeness (QED) is 0.625. The first kappa shape index (κ1) is 18.7. The summed E-state index contributed by atoms with van der Waals surface area (Å²) in [7, 11) is -3.70. The van der Waals surface area contributed by atoms with E-state index in [1.54, 1.807) is 0 Å². The molecule has 1 aliphatic rings. The second-order valence-corrected chi connectivity index (χ2v) is 7.80. The van der Waals surface area contributed by atoms with Gasteiger partial charge in [0.15, 0.2) is 6.61 Å². The van der Waals surface area contributed by atoms with E-state index in [2.05, 4.69) is 0 Å². The van der Waals surface area contributed by atoms with Gasteiger partial charge in [-0.3, -0.25) is 4.79 Å². The predicted molar refractivity (Wildman–Crippen MR) is 85.8 cm³/mol. The van der Waals surface area contributed by atoms with Crippen LogP contribution in [0.3, 0.4) is 0 Å². The summed E-state index contributed by atoms with van der Waals surface area (Å²) in [5, 5.41) is 19.4. The summed E-state index contributed by atoms with van der Waals surface area (Å²) in [6.45, 7) is -0.241. The van der Waals surface area contributed by atoms with E-state index in [1.807, 2.05) is 0 Å². The van der Waals surface area contributed by atoms with Crippen molar-refractivity contribution in [2.45, 2.75) is 29.8 Å². The van der Waals surface area contributed by atoms with E-state index in [0.717, 1.165) is 0 Å². The lowest BCUT2D eigenvalue weighted by atomic mass is 9.96. The summed E-state index contributed by atoms with van der Waals surface area (Å²) < 4.78 is 31.8. The van der Waals surface area contributed by atoms with Crippen molar-refractivity contribution in [3.63, 3.8) is 0 Å². The molecule has 1 saturated heterocycles. The van der Waals surface area contributed by atoms with Gasteiger partial charge in [-0.2, -0.15) is 4.31 Å². The second kappa shape index (κ2) is 7.47. The standard InChI is InChI=1S/C15H22N2O6S/c16-14(19)10-23-12-2-4-13(5-3-12)24(21,22)17-8-1-6-15(20,11-18)7-9-17/h2-5,18,20H,1,6-11H2,(H2,16,19). The zero-order valence-electron chi connectivity index (χ0n) is 13.2. The zero-order chi connectivity index (χ0) is 17.8. The van der Waals surface area contributed by atoms with E-state index in [9.17, 15) is 23.4 Å². The Morgan fingerprint density at radius 2 is 1.92 bits per heavy atom. The van der Waals surface area contributed by atoms with Crippen LogP contribution in [0.4, 0.5) is 0 Å². The Labute approximate surface area is 140 Å². The van der Waals surface area contributed by atoms with Crippen LogP contribution in [-0.2, 0) is 14.8 Å². The molecule has 0 aromatic heterocycles. The number of nitrogens with zero attached hydrogens (tertiary/aromatic N) is 1. The van der Waals surface area contributed by atoms with Crippen molar-refractivity contribution >= 4 is 15.9 Å². The Balaban J connectivity index is 2.10. The fraction of sp³-hybridized carbons (Fsp3) is 0.533. The number of rotatable bonds is 6. The number of aliphatic hydroxyl groups is 2. The van der Waals surface area contributed by atoms with Crippen LogP contribution in [0, 0.1) is 0 Å². The van der Waals surface area contributed by atoms with Gasteiger partial charge in [0.25, 0.3) is 5.91 Å². The summed E-state index contributed by atoms with van der Waals surface area (Å²) in [5.41, 5.74) is 3.75. The highest BCUT2D eigenvalue weighted by Gasteiger charge is 2.34. The minimum Gasteiger partial charge on any atom is -0.484 e. The van der Waals surface area contributed by atoms with E-state index < -0.39 is 21.5 Å². The topological polar surface area (TPSA) is 130 Å². The van der Waals surface area contributed by atoms with Crippen molar-refractivity contribution in [2.24, 2.45) is 5.73 Å². The normalized spacial score (nSPS) is 22.8. The third-order valence-electron chi connectivity index (χ3n) is 4.01.